The number of aryl methyl sites for hydroxylation is 3. The fourth-order valence-corrected chi connectivity index (χ4v) is 2.40. The lowest BCUT2D eigenvalue weighted by molar-refractivity contribution is -0.117. The number of aromatic nitrogens is 2. The smallest absolute Gasteiger partial charge is 0.130 e. The van der Waals surface area contributed by atoms with Crippen molar-refractivity contribution in [3.05, 3.63) is 45.8 Å². The van der Waals surface area contributed by atoms with E-state index in [1.807, 2.05) is 19.1 Å². The van der Waals surface area contributed by atoms with Crippen LogP contribution in [0.15, 0.2) is 28.7 Å². The van der Waals surface area contributed by atoms with E-state index in [2.05, 4.69) is 45.0 Å². The van der Waals surface area contributed by atoms with E-state index in [9.17, 15) is 4.79 Å². The molecule has 0 fully saturated rings. The molecule has 3 nitrogen and oxygen atoms in total. The molecule has 0 atom stereocenters. The minimum Gasteiger partial charge on any atom is -0.300 e. The van der Waals surface area contributed by atoms with Crippen molar-refractivity contribution in [2.24, 2.45) is 0 Å². The van der Waals surface area contributed by atoms with Gasteiger partial charge in [-0.25, -0.2) is 9.97 Å². The van der Waals surface area contributed by atoms with E-state index < -0.39 is 0 Å². The summed E-state index contributed by atoms with van der Waals surface area (Å²) >= 11 is 3.49. The number of rotatable bonds is 4. The summed E-state index contributed by atoms with van der Waals surface area (Å²) in [5.41, 5.74) is 4.10. The van der Waals surface area contributed by atoms with Crippen LogP contribution in [0, 0.1) is 13.8 Å². The normalized spacial score (nSPS) is 10.6. The molecule has 0 radical (unpaired) electrons. The van der Waals surface area contributed by atoms with Gasteiger partial charge in [0.25, 0.3) is 0 Å². The predicted molar refractivity (Wildman–Crippen MR) is 83.6 cm³/mol. The molecule has 2 rings (SSSR count). The Kier molecular flexibility index (Phi) is 4.65. The zero-order chi connectivity index (χ0) is 14.7. The number of carbonyl (C=O) groups is 1. The number of carbonyl (C=O) groups excluding carboxylic acids is 1. The van der Waals surface area contributed by atoms with E-state index in [4.69, 9.17) is 0 Å². The SMILES string of the molecule is CC(=O)CCc1nc(C)cc(-c2cc(Br)ccc2C)n1. The second-order valence-corrected chi connectivity index (χ2v) is 5.89. The van der Waals surface area contributed by atoms with Gasteiger partial charge in [0.1, 0.15) is 11.6 Å². The van der Waals surface area contributed by atoms with E-state index in [0.717, 1.165) is 27.2 Å². The molecule has 1 aromatic carbocycles. The number of hydrogen-bond donors (Lipinski definition) is 0. The monoisotopic (exact) mass is 332 g/mol. The third kappa shape index (κ3) is 3.73. The molecule has 0 bridgehead atoms. The molecule has 2 aromatic rings. The van der Waals surface area contributed by atoms with Gasteiger partial charge in [-0.3, -0.25) is 0 Å². The fourth-order valence-electron chi connectivity index (χ4n) is 2.04. The molecule has 20 heavy (non-hydrogen) atoms. The molecule has 0 aliphatic carbocycles. The number of halogens is 1. The van der Waals surface area contributed by atoms with Gasteiger partial charge in [-0.1, -0.05) is 22.0 Å². The molecule has 0 spiro atoms. The van der Waals surface area contributed by atoms with Crippen LogP contribution < -0.4 is 0 Å². The van der Waals surface area contributed by atoms with Gasteiger partial charge in [0.2, 0.25) is 0 Å². The van der Waals surface area contributed by atoms with Gasteiger partial charge in [0.05, 0.1) is 5.69 Å². The first-order valence-corrected chi connectivity index (χ1v) is 7.35. The third-order valence-electron chi connectivity index (χ3n) is 3.08. The number of Topliss-reactive ketones (excluding diaryl/α,β-unsaturated/α-hetero) is 1. The standard InChI is InChI=1S/C16H17BrN2O/c1-10-4-6-13(17)9-14(10)15-8-11(2)18-16(19-15)7-5-12(3)20/h4,6,8-9H,5,7H2,1-3H3. The van der Waals surface area contributed by atoms with E-state index in [1.54, 1.807) is 6.92 Å². The highest BCUT2D eigenvalue weighted by Gasteiger charge is 2.08. The Hall–Kier alpha value is -1.55. The van der Waals surface area contributed by atoms with E-state index >= 15 is 0 Å². The quantitative estimate of drug-likeness (QED) is 0.848. The average molecular weight is 333 g/mol. The Labute approximate surface area is 127 Å². The maximum atomic E-state index is 11.1. The van der Waals surface area contributed by atoms with Crippen LogP contribution in [0.25, 0.3) is 11.3 Å². The minimum atomic E-state index is 0.162. The molecule has 0 N–H and O–H groups in total. The first kappa shape index (κ1) is 14.9. The molecular formula is C16H17BrN2O. The van der Waals surface area contributed by atoms with Gasteiger partial charge < -0.3 is 4.79 Å². The predicted octanol–water partition coefficient (Wildman–Crippen LogP) is 4.04. The summed E-state index contributed by atoms with van der Waals surface area (Å²) in [6.07, 6.45) is 1.08. The molecule has 0 saturated carbocycles. The Morgan fingerprint density at radius 3 is 2.65 bits per heavy atom. The second-order valence-electron chi connectivity index (χ2n) is 4.97. The van der Waals surface area contributed by atoms with Crippen LogP contribution in [-0.2, 0) is 11.2 Å². The average Bonchev–Trinajstić information content (AvgIpc) is 2.38. The van der Waals surface area contributed by atoms with E-state index in [0.29, 0.717) is 12.8 Å². The van der Waals surface area contributed by atoms with Crippen molar-refractivity contribution < 1.29 is 4.79 Å². The summed E-state index contributed by atoms with van der Waals surface area (Å²) in [6, 6.07) is 8.12. The van der Waals surface area contributed by atoms with Crippen molar-refractivity contribution in [3.63, 3.8) is 0 Å². The van der Waals surface area contributed by atoms with E-state index in [1.165, 1.54) is 5.56 Å². The summed E-state index contributed by atoms with van der Waals surface area (Å²) in [5, 5.41) is 0. The maximum absolute atomic E-state index is 11.1. The fraction of sp³-hybridized carbons (Fsp3) is 0.312. The first-order chi connectivity index (χ1) is 9.45. The van der Waals surface area contributed by atoms with Gasteiger partial charge in [0.15, 0.2) is 0 Å². The van der Waals surface area contributed by atoms with Gasteiger partial charge in [0, 0.05) is 28.6 Å². The van der Waals surface area contributed by atoms with Crippen molar-refractivity contribution in [2.75, 3.05) is 0 Å². The van der Waals surface area contributed by atoms with Crippen LogP contribution in [0.2, 0.25) is 0 Å². The highest BCUT2D eigenvalue weighted by atomic mass is 79.9. The van der Waals surface area contributed by atoms with Crippen molar-refractivity contribution in [3.8, 4) is 11.3 Å². The summed E-state index contributed by atoms with van der Waals surface area (Å²) in [4.78, 5) is 20.1. The zero-order valence-corrected chi connectivity index (χ0v) is 13.5. The first-order valence-electron chi connectivity index (χ1n) is 6.56. The third-order valence-corrected chi connectivity index (χ3v) is 3.57. The van der Waals surface area contributed by atoms with Gasteiger partial charge in [-0.15, -0.1) is 0 Å². The number of hydrogen-bond acceptors (Lipinski definition) is 3. The molecular weight excluding hydrogens is 316 g/mol. The van der Waals surface area contributed by atoms with Crippen molar-refractivity contribution in [2.45, 2.75) is 33.6 Å². The number of ketones is 1. The van der Waals surface area contributed by atoms with Crippen LogP contribution in [0.3, 0.4) is 0 Å². The van der Waals surface area contributed by atoms with Crippen LogP contribution in [0.5, 0.6) is 0 Å². The highest BCUT2D eigenvalue weighted by Crippen LogP contribution is 2.26. The van der Waals surface area contributed by atoms with Gasteiger partial charge in [-0.2, -0.15) is 0 Å². The molecule has 0 unspecified atom stereocenters. The lowest BCUT2D eigenvalue weighted by Gasteiger charge is -2.09. The van der Waals surface area contributed by atoms with Crippen molar-refractivity contribution in [1.82, 2.24) is 9.97 Å². The Morgan fingerprint density at radius 2 is 1.95 bits per heavy atom. The summed E-state index contributed by atoms with van der Waals surface area (Å²) in [5.74, 6) is 0.893. The van der Waals surface area contributed by atoms with Gasteiger partial charge >= 0.3 is 0 Å². The van der Waals surface area contributed by atoms with Crippen LogP contribution in [-0.4, -0.2) is 15.8 Å². The molecule has 104 valence electrons. The largest absolute Gasteiger partial charge is 0.300 e. The van der Waals surface area contributed by atoms with Crippen LogP contribution >= 0.6 is 15.9 Å². The molecule has 0 aliphatic heterocycles. The van der Waals surface area contributed by atoms with Crippen LogP contribution in [0.1, 0.15) is 30.4 Å². The summed E-state index contributed by atoms with van der Waals surface area (Å²) in [7, 11) is 0. The maximum Gasteiger partial charge on any atom is 0.130 e. The Bertz CT molecular complexity index is 653. The minimum absolute atomic E-state index is 0.162. The molecule has 1 aromatic heterocycles. The lowest BCUT2D eigenvalue weighted by Crippen LogP contribution is -2.02. The summed E-state index contributed by atoms with van der Waals surface area (Å²) in [6.45, 7) is 5.61. The lowest BCUT2D eigenvalue weighted by atomic mass is 10.0. The topological polar surface area (TPSA) is 42.9 Å². The molecule has 4 heteroatoms. The Morgan fingerprint density at radius 1 is 1.20 bits per heavy atom. The second kappa shape index (κ2) is 6.27. The van der Waals surface area contributed by atoms with Crippen molar-refractivity contribution >= 4 is 21.7 Å². The number of nitrogens with zero attached hydrogens (tertiary/aromatic N) is 2. The van der Waals surface area contributed by atoms with Gasteiger partial charge in [-0.05, 0) is 44.5 Å². The Balaban J connectivity index is 2.41. The molecule has 0 aliphatic rings. The van der Waals surface area contributed by atoms with Crippen molar-refractivity contribution in [1.29, 1.82) is 0 Å². The number of benzene rings is 1. The molecule has 0 saturated heterocycles. The van der Waals surface area contributed by atoms with Crippen LogP contribution in [0.4, 0.5) is 0 Å². The molecule has 0 amide bonds. The zero-order valence-electron chi connectivity index (χ0n) is 11.9. The highest BCUT2D eigenvalue weighted by molar-refractivity contribution is 9.10. The summed E-state index contributed by atoms with van der Waals surface area (Å²) < 4.78 is 1.03. The van der Waals surface area contributed by atoms with E-state index in [-0.39, 0.29) is 5.78 Å². The molecule has 1 heterocycles.